The van der Waals surface area contributed by atoms with Gasteiger partial charge in [0.05, 0.1) is 6.26 Å². The molecular weight excluding hydrogens is 106 g/mol. The lowest BCUT2D eigenvalue weighted by Crippen LogP contribution is -2.07. The van der Waals surface area contributed by atoms with Gasteiger partial charge in [-0.15, -0.1) is 0 Å². The van der Waals surface area contributed by atoms with Gasteiger partial charge in [-0.1, -0.05) is 0 Å². The molecule has 3 nitrogen and oxygen atoms in total. The average molecular weight is 113 g/mol. The second kappa shape index (κ2) is 1.88. The van der Waals surface area contributed by atoms with Crippen LogP contribution in [0.2, 0.25) is 0 Å². The highest BCUT2D eigenvalue weighted by Gasteiger charge is 1.94. The van der Waals surface area contributed by atoms with Crippen molar-refractivity contribution in [1.29, 1.82) is 0 Å². The smallest absolute Gasteiger partial charge is 0.218 e. The number of rotatable bonds is 1. The monoisotopic (exact) mass is 113 g/mol. The van der Waals surface area contributed by atoms with Gasteiger partial charge in [-0.05, 0) is 6.07 Å². The minimum Gasteiger partial charge on any atom is -0.447 e. The van der Waals surface area contributed by atoms with Crippen molar-refractivity contribution in [2.24, 2.45) is 0 Å². The first-order valence-corrected chi connectivity index (χ1v) is 2.27. The molecule has 1 aromatic rings. The molecule has 0 amide bonds. The van der Waals surface area contributed by atoms with Gasteiger partial charge in [0.2, 0.25) is 5.88 Å². The number of furan rings is 1. The Morgan fingerprint density at radius 1 is 1.75 bits per heavy atom. The lowest BCUT2D eigenvalue weighted by Gasteiger charge is -2.02. The zero-order chi connectivity index (χ0) is 5.98. The molecule has 0 fully saturated rings. The molecule has 0 aromatic carbocycles. The summed E-state index contributed by atoms with van der Waals surface area (Å²) in [5.74, 6) is 0.449. The van der Waals surface area contributed by atoms with Crippen LogP contribution in [-0.2, 0) is 0 Å². The van der Waals surface area contributed by atoms with Crippen LogP contribution >= 0.6 is 0 Å². The van der Waals surface area contributed by atoms with Gasteiger partial charge in [-0.2, -0.15) is 0 Å². The standard InChI is InChI=1S/C5H7NO2/c1-6(7)5-3-2-4-8-5/h2-4,7H,1H3. The van der Waals surface area contributed by atoms with Gasteiger partial charge >= 0.3 is 0 Å². The number of nitrogens with zero attached hydrogens (tertiary/aromatic N) is 1. The molecule has 0 spiro atoms. The zero-order valence-corrected chi connectivity index (χ0v) is 4.53. The summed E-state index contributed by atoms with van der Waals surface area (Å²) in [5, 5.41) is 9.57. The van der Waals surface area contributed by atoms with Crippen LogP contribution in [0.1, 0.15) is 0 Å². The molecule has 0 unspecified atom stereocenters. The topological polar surface area (TPSA) is 36.6 Å². The summed E-state index contributed by atoms with van der Waals surface area (Å²) in [5.41, 5.74) is 0. The van der Waals surface area contributed by atoms with Gasteiger partial charge in [0.1, 0.15) is 0 Å². The average Bonchev–Trinajstić information content (AvgIpc) is 2.12. The fourth-order valence-electron chi connectivity index (χ4n) is 0.454. The van der Waals surface area contributed by atoms with Crippen molar-refractivity contribution in [1.82, 2.24) is 0 Å². The highest BCUT2D eigenvalue weighted by Crippen LogP contribution is 2.08. The summed E-state index contributed by atoms with van der Waals surface area (Å²) in [6.45, 7) is 0. The van der Waals surface area contributed by atoms with E-state index in [1.165, 1.54) is 13.3 Å². The van der Waals surface area contributed by atoms with E-state index in [9.17, 15) is 0 Å². The highest BCUT2D eigenvalue weighted by molar-refractivity contribution is 5.28. The van der Waals surface area contributed by atoms with Crippen molar-refractivity contribution in [2.45, 2.75) is 0 Å². The van der Waals surface area contributed by atoms with E-state index in [-0.39, 0.29) is 0 Å². The first-order valence-electron chi connectivity index (χ1n) is 2.27. The Balaban J connectivity index is 2.77. The van der Waals surface area contributed by atoms with E-state index in [0.29, 0.717) is 5.88 Å². The molecule has 3 heteroatoms. The summed E-state index contributed by atoms with van der Waals surface area (Å²) in [6, 6.07) is 3.38. The van der Waals surface area contributed by atoms with Crippen molar-refractivity contribution in [3.8, 4) is 0 Å². The molecule has 0 atom stereocenters. The summed E-state index contributed by atoms with van der Waals surface area (Å²) >= 11 is 0. The van der Waals surface area contributed by atoms with Gasteiger partial charge in [-0.25, -0.2) is 5.06 Å². The molecule has 1 rings (SSSR count). The molecule has 1 aromatic heterocycles. The van der Waals surface area contributed by atoms with E-state index in [2.05, 4.69) is 0 Å². The minimum absolute atomic E-state index is 0.449. The number of hydrogen-bond donors (Lipinski definition) is 1. The second-order valence-electron chi connectivity index (χ2n) is 1.47. The first-order chi connectivity index (χ1) is 3.80. The first kappa shape index (κ1) is 5.18. The third-order valence-corrected chi connectivity index (χ3v) is 0.825. The maximum Gasteiger partial charge on any atom is 0.218 e. The fourth-order valence-corrected chi connectivity index (χ4v) is 0.454. The maximum atomic E-state index is 8.65. The molecule has 0 saturated heterocycles. The zero-order valence-electron chi connectivity index (χ0n) is 4.53. The van der Waals surface area contributed by atoms with Crippen molar-refractivity contribution < 1.29 is 9.62 Å². The Hall–Kier alpha value is -0.960. The van der Waals surface area contributed by atoms with Crippen molar-refractivity contribution in [3.05, 3.63) is 18.4 Å². The number of hydrogen-bond acceptors (Lipinski definition) is 3. The van der Waals surface area contributed by atoms with Crippen molar-refractivity contribution in [3.63, 3.8) is 0 Å². The van der Waals surface area contributed by atoms with Gasteiger partial charge in [0.25, 0.3) is 0 Å². The Bertz CT molecular complexity index is 145. The van der Waals surface area contributed by atoms with Crippen LogP contribution < -0.4 is 5.06 Å². The quantitative estimate of drug-likeness (QED) is 0.554. The van der Waals surface area contributed by atoms with Gasteiger partial charge < -0.3 is 4.42 Å². The molecule has 8 heavy (non-hydrogen) atoms. The van der Waals surface area contributed by atoms with Crippen LogP contribution in [0, 0.1) is 0 Å². The summed E-state index contributed by atoms with van der Waals surface area (Å²) in [4.78, 5) is 0. The van der Waals surface area contributed by atoms with Gasteiger partial charge in [0.15, 0.2) is 0 Å². The van der Waals surface area contributed by atoms with E-state index < -0.39 is 0 Å². The molecule has 1 N–H and O–H groups in total. The maximum absolute atomic E-state index is 8.65. The third-order valence-electron chi connectivity index (χ3n) is 0.825. The van der Waals surface area contributed by atoms with Crippen LogP contribution in [0.3, 0.4) is 0 Å². The Labute approximate surface area is 47.1 Å². The van der Waals surface area contributed by atoms with Crippen LogP contribution in [-0.4, -0.2) is 12.3 Å². The summed E-state index contributed by atoms with van der Waals surface area (Å²) in [7, 11) is 1.50. The Kier molecular flexibility index (Phi) is 1.22. The molecule has 44 valence electrons. The second-order valence-corrected chi connectivity index (χ2v) is 1.47. The molecular formula is C5H7NO2. The van der Waals surface area contributed by atoms with E-state index in [4.69, 9.17) is 9.62 Å². The molecule has 0 saturated carbocycles. The molecule has 0 radical (unpaired) electrons. The van der Waals surface area contributed by atoms with Crippen LogP contribution in [0.5, 0.6) is 0 Å². The van der Waals surface area contributed by atoms with Crippen molar-refractivity contribution in [2.75, 3.05) is 12.1 Å². The summed E-state index contributed by atoms with van der Waals surface area (Å²) < 4.78 is 4.77. The van der Waals surface area contributed by atoms with E-state index in [1.807, 2.05) is 0 Å². The largest absolute Gasteiger partial charge is 0.447 e. The molecule has 0 aliphatic heterocycles. The Morgan fingerprint density at radius 3 is 2.75 bits per heavy atom. The predicted octanol–water partition coefficient (Wildman–Crippen LogP) is 1.10. The van der Waals surface area contributed by atoms with Gasteiger partial charge in [0, 0.05) is 13.1 Å². The lowest BCUT2D eigenvalue weighted by atomic mass is 10.6. The molecule has 1 heterocycles. The number of anilines is 1. The van der Waals surface area contributed by atoms with Crippen molar-refractivity contribution >= 4 is 5.88 Å². The van der Waals surface area contributed by atoms with E-state index in [0.717, 1.165) is 5.06 Å². The Morgan fingerprint density at radius 2 is 2.50 bits per heavy atom. The molecule has 0 aliphatic rings. The summed E-state index contributed by atoms with van der Waals surface area (Å²) in [6.07, 6.45) is 1.50. The molecule has 0 bridgehead atoms. The highest BCUT2D eigenvalue weighted by atomic mass is 16.5. The molecule has 0 aliphatic carbocycles. The van der Waals surface area contributed by atoms with Crippen LogP contribution in [0.15, 0.2) is 22.8 Å². The van der Waals surface area contributed by atoms with E-state index >= 15 is 0 Å². The third kappa shape index (κ3) is 0.816. The number of hydroxylamine groups is 1. The lowest BCUT2D eigenvalue weighted by molar-refractivity contribution is 0.257. The van der Waals surface area contributed by atoms with Crippen LogP contribution in [0.25, 0.3) is 0 Å². The fraction of sp³-hybridized carbons (Fsp3) is 0.200. The van der Waals surface area contributed by atoms with Gasteiger partial charge in [-0.3, -0.25) is 5.21 Å². The van der Waals surface area contributed by atoms with E-state index in [1.54, 1.807) is 12.1 Å². The van der Waals surface area contributed by atoms with Crippen LogP contribution in [0.4, 0.5) is 5.88 Å². The SMILES string of the molecule is CN(O)c1ccco1. The predicted molar refractivity (Wildman–Crippen MR) is 28.9 cm³/mol. The minimum atomic E-state index is 0.449. The normalized spacial score (nSPS) is 9.25.